The molecule has 1 amide bonds. The Morgan fingerprint density at radius 1 is 1.22 bits per heavy atom. The van der Waals surface area contributed by atoms with Crippen molar-refractivity contribution in [2.75, 3.05) is 43.6 Å². The molecule has 1 saturated carbocycles. The highest BCUT2D eigenvalue weighted by Crippen LogP contribution is 2.33. The van der Waals surface area contributed by atoms with Gasteiger partial charge in [-0.25, -0.2) is 18.4 Å². The minimum atomic E-state index is -3.35. The fourth-order valence-corrected chi connectivity index (χ4v) is 6.30. The van der Waals surface area contributed by atoms with Crippen LogP contribution in [0, 0.1) is 0 Å². The maximum absolute atomic E-state index is 13.3. The third kappa shape index (κ3) is 5.74. The van der Waals surface area contributed by atoms with Crippen LogP contribution in [-0.4, -0.2) is 79.9 Å². The van der Waals surface area contributed by atoms with E-state index in [2.05, 4.69) is 20.4 Å². The van der Waals surface area contributed by atoms with Gasteiger partial charge in [-0.3, -0.25) is 10.1 Å². The van der Waals surface area contributed by atoms with Crippen LogP contribution in [0.4, 0.5) is 10.9 Å². The Labute approximate surface area is 218 Å². The first-order chi connectivity index (χ1) is 17.8. The van der Waals surface area contributed by atoms with E-state index in [0.29, 0.717) is 65.9 Å². The van der Waals surface area contributed by atoms with Crippen LogP contribution in [0.25, 0.3) is 10.3 Å². The number of likely N-dealkylation sites (N-methyl/N-ethyl adjacent to an activating group) is 1. The number of carbonyl (C=O) groups is 1. The molecule has 0 spiro atoms. The summed E-state index contributed by atoms with van der Waals surface area (Å²) in [5.41, 5.74) is 1.03. The van der Waals surface area contributed by atoms with Crippen molar-refractivity contribution in [1.82, 2.24) is 9.97 Å². The Hall–Kier alpha value is -3.13. The van der Waals surface area contributed by atoms with E-state index in [1.807, 2.05) is 11.9 Å². The first-order valence-corrected chi connectivity index (χ1v) is 14.3. The number of oxime groups is 1. The standard InChI is InChI=1S/C24H27N5O6S2/c1-29(11-12-30)20-9-8-19-23(26-20)36-24(25-19)27-22(31)21(28-35-16-10-13-34-14-16)15-2-4-17(5-3-15)37(32,33)18-6-7-18/h2-5,8-9,16,18,30H,6-7,10-14H2,1H3,(H,25,27,31)/t16-/m1/s1. The van der Waals surface area contributed by atoms with Crippen molar-refractivity contribution in [2.45, 2.75) is 35.5 Å². The molecule has 3 aromatic rings. The summed E-state index contributed by atoms with van der Waals surface area (Å²) in [5, 5.41) is 16.1. The third-order valence-corrected chi connectivity index (χ3v) is 9.26. The number of fused-ring (bicyclic) bond motifs is 1. The Kier molecular flexibility index (Phi) is 7.38. The average molecular weight is 546 g/mol. The molecule has 2 aromatic heterocycles. The summed E-state index contributed by atoms with van der Waals surface area (Å²) in [5.74, 6) is 0.132. The number of ether oxygens (including phenoxy) is 1. The van der Waals surface area contributed by atoms with Gasteiger partial charge in [0.05, 0.1) is 30.0 Å². The van der Waals surface area contributed by atoms with Crippen molar-refractivity contribution in [1.29, 1.82) is 0 Å². The molecular weight excluding hydrogens is 518 g/mol. The second-order valence-corrected chi connectivity index (χ2v) is 12.1. The molecule has 2 N–H and O–H groups in total. The van der Waals surface area contributed by atoms with E-state index in [-0.39, 0.29) is 28.6 Å². The summed E-state index contributed by atoms with van der Waals surface area (Å²) in [6, 6.07) is 9.71. The lowest BCUT2D eigenvalue weighted by molar-refractivity contribution is -0.110. The molecule has 3 heterocycles. The number of carbonyl (C=O) groups excluding carboxylic acids is 1. The van der Waals surface area contributed by atoms with Gasteiger partial charge in [0.1, 0.15) is 16.2 Å². The zero-order chi connectivity index (χ0) is 26.0. The van der Waals surface area contributed by atoms with Gasteiger partial charge >= 0.3 is 0 Å². The Morgan fingerprint density at radius 3 is 2.68 bits per heavy atom. The second kappa shape index (κ2) is 10.7. The number of thiazole rings is 1. The third-order valence-electron chi connectivity index (χ3n) is 6.10. The minimum absolute atomic E-state index is 0.00199. The van der Waals surface area contributed by atoms with Gasteiger partial charge in [-0.15, -0.1) is 0 Å². The molecule has 1 atom stereocenters. The fourth-order valence-electron chi connectivity index (χ4n) is 3.82. The lowest BCUT2D eigenvalue weighted by Crippen LogP contribution is -2.25. The molecule has 5 rings (SSSR count). The molecule has 1 aliphatic carbocycles. The normalized spacial score (nSPS) is 18.2. The molecule has 0 unspecified atom stereocenters. The lowest BCUT2D eigenvalue weighted by atomic mass is 10.1. The van der Waals surface area contributed by atoms with Gasteiger partial charge in [0.25, 0.3) is 5.91 Å². The molecule has 13 heteroatoms. The van der Waals surface area contributed by atoms with Gasteiger partial charge in [-0.05, 0) is 37.1 Å². The smallest absolute Gasteiger partial charge is 0.280 e. The molecule has 37 heavy (non-hydrogen) atoms. The number of sulfone groups is 1. The van der Waals surface area contributed by atoms with Crippen LogP contribution in [0.15, 0.2) is 46.4 Å². The van der Waals surface area contributed by atoms with Crippen LogP contribution in [0.5, 0.6) is 0 Å². The van der Waals surface area contributed by atoms with Gasteiger partial charge < -0.3 is 19.6 Å². The molecule has 1 aliphatic heterocycles. The van der Waals surface area contributed by atoms with Crippen molar-refractivity contribution < 1.29 is 27.9 Å². The van der Waals surface area contributed by atoms with Gasteiger partial charge in [-0.1, -0.05) is 28.6 Å². The number of anilines is 2. The van der Waals surface area contributed by atoms with Crippen molar-refractivity contribution in [2.24, 2.45) is 5.16 Å². The van der Waals surface area contributed by atoms with Crippen molar-refractivity contribution >= 4 is 54.1 Å². The highest BCUT2D eigenvalue weighted by molar-refractivity contribution is 7.92. The van der Waals surface area contributed by atoms with E-state index in [1.165, 1.54) is 23.5 Å². The van der Waals surface area contributed by atoms with Crippen LogP contribution in [-0.2, 0) is 24.2 Å². The number of hydrogen-bond acceptors (Lipinski definition) is 11. The summed E-state index contributed by atoms with van der Waals surface area (Å²) in [4.78, 5) is 30.5. The number of aliphatic hydroxyl groups is 1. The number of amides is 1. The number of hydrogen-bond donors (Lipinski definition) is 2. The second-order valence-electron chi connectivity index (χ2n) is 8.91. The SMILES string of the molecule is CN(CCO)c1ccc2nc(NC(=O)C(=NO[C@@H]3CCOC3)c3ccc(S(=O)(=O)C4CC4)cc3)sc2n1. The number of aromatic nitrogens is 2. The molecule has 11 nitrogen and oxygen atoms in total. The molecule has 0 radical (unpaired) electrons. The van der Waals surface area contributed by atoms with Crippen molar-refractivity contribution in [3.63, 3.8) is 0 Å². The first-order valence-electron chi connectivity index (χ1n) is 11.9. The summed E-state index contributed by atoms with van der Waals surface area (Å²) in [6.45, 7) is 1.38. The predicted molar refractivity (Wildman–Crippen MR) is 140 cm³/mol. The number of aliphatic hydroxyl groups excluding tert-OH is 1. The zero-order valence-corrected chi connectivity index (χ0v) is 21.8. The molecule has 0 bridgehead atoms. The molecular formula is C24H27N5O6S2. The summed E-state index contributed by atoms with van der Waals surface area (Å²) in [7, 11) is -1.52. The van der Waals surface area contributed by atoms with Crippen molar-refractivity contribution in [3.8, 4) is 0 Å². The molecule has 1 aromatic carbocycles. The molecule has 2 fully saturated rings. The minimum Gasteiger partial charge on any atom is -0.395 e. The average Bonchev–Trinajstić information content (AvgIpc) is 3.49. The number of rotatable bonds is 10. The first kappa shape index (κ1) is 25.5. The molecule has 2 aliphatic rings. The van der Waals surface area contributed by atoms with E-state index in [0.717, 1.165) is 0 Å². The Morgan fingerprint density at radius 2 is 2.00 bits per heavy atom. The van der Waals surface area contributed by atoms with E-state index in [9.17, 15) is 18.3 Å². The van der Waals surface area contributed by atoms with E-state index in [4.69, 9.17) is 9.57 Å². The predicted octanol–water partition coefficient (Wildman–Crippen LogP) is 2.20. The van der Waals surface area contributed by atoms with E-state index in [1.54, 1.807) is 24.3 Å². The zero-order valence-electron chi connectivity index (χ0n) is 20.2. The largest absolute Gasteiger partial charge is 0.395 e. The van der Waals surface area contributed by atoms with Crippen LogP contribution in [0.3, 0.4) is 0 Å². The van der Waals surface area contributed by atoms with Gasteiger partial charge in [-0.2, -0.15) is 0 Å². The monoisotopic (exact) mass is 545 g/mol. The maximum Gasteiger partial charge on any atom is 0.280 e. The number of benzene rings is 1. The highest BCUT2D eigenvalue weighted by atomic mass is 32.2. The number of nitrogens with zero attached hydrogens (tertiary/aromatic N) is 4. The van der Waals surface area contributed by atoms with Gasteiger partial charge in [0.15, 0.2) is 26.8 Å². The maximum atomic E-state index is 13.3. The Balaban J connectivity index is 1.38. The summed E-state index contributed by atoms with van der Waals surface area (Å²) < 4.78 is 30.4. The van der Waals surface area contributed by atoms with Crippen LogP contribution in [0.2, 0.25) is 0 Å². The van der Waals surface area contributed by atoms with Gasteiger partial charge in [0, 0.05) is 25.6 Å². The van der Waals surface area contributed by atoms with Crippen molar-refractivity contribution in [3.05, 3.63) is 42.0 Å². The van der Waals surface area contributed by atoms with E-state index < -0.39 is 15.7 Å². The number of nitrogens with one attached hydrogen (secondary N) is 1. The Bertz CT molecular complexity index is 1410. The van der Waals surface area contributed by atoms with Crippen LogP contribution in [0.1, 0.15) is 24.8 Å². The topological polar surface area (TPSA) is 143 Å². The lowest BCUT2D eigenvalue weighted by Gasteiger charge is -2.15. The van der Waals surface area contributed by atoms with Gasteiger partial charge in [0.2, 0.25) is 0 Å². The summed E-state index contributed by atoms with van der Waals surface area (Å²) in [6.07, 6.45) is 1.74. The van der Waals surface area contributed by atoms with Crippen LogP contribution < -0.4 is 10.2 Å². The van der Waals surface area contributed by atoms with E-state index >= 15 is 0 Å². The molecule has 1 saturated heterocycles. The molecule has 196 valence electrons. The fraction of sp³-hybridized carbons (Fsp3) is 0.417. The van der Waals surface area contributed by atoms with Crippen LogP contribution >= 0.6 is 11.3 Å². The highest BCUT2D eigenvalue weighted by Gasteiger charge is 2.36. The summed E-state index contributed by atoms with van der Waals surface area (Å²) >= 11 is 1.21. The number of pyridine rings is 1. The quantitative estimate of drug-likeness (QED) is 0.289.